The normalized spacial score (nSPS) is 29.7. The van der Waals surface area contributed by atoms with Crippen molar-refractivity contribution < 1.29 is 29.5 Å². The number of hydrogen-bond donors (Lipinski definition) is 3. The van der Waals surface area contributed by atoms with Crippen molar-refractivity contribution in [3.8, 4) is 5.75 Å². The molecule has 2 aliphatic heterocycles. The minimum absolute atomic E-state index is 0.359. The number of ether oxygens (including phenoxy) is 3. The minimum Gasteiger partial charge on any atom is -0.497 e. The highest BCUT2D eigenvalue weighted by Gasteiger charge is 2.49. The summed E-state index contributed by atoms with van der Waals surface area (Å²) in [4.78, 5) is 4.50. The average Bonchev–Trinajstić information content (AvgIpc) is 3.25. The first-order chi connectivity index (χ1) is 13.4. The molecule has 0 radical (unpaired) electrons. The van der Waals surface area contributed by atoms with Crippen molar-refractivity contribution in [1.82, 2.24) is 4.57 Å². The Morgan fingerprint density at radius 2 is 2.04 bits per heavy atom. The second kappa shape index (κ2) is 7.36. The Balaban J connectivity index is 1.73. The molecule has 3 N–H and O–H groups in total. The maximum absolute atomic E-state index is 10.4. The molecule has 0 saturated carbocycles. The molecule has 152 valence electrons. The SMILES string of the molecule is COc1ccc2c(C3=N[C@@H]4C(O)[C@H](O)C(CO)O[C@@H]4O3)cn(CC(C)C)c2c1. The lowest BCUT2D eigenvalue weighted by molar-refractivity contribution is -0.234. The molecule has 0 bridgehead atoms. The molecule has 8 heteroatoms. The van der Waals surface area contributed by atoms with E-state index in [1.807, 2.05) is 24.4 Å². The molecular weight excluding hydrogens is 364 g/mol. The molecule has 2 unspecified atom stereocenters. The summed E-state index contributed by atoms with van der Waals surface area (Å²) >= 11 is 0. The molecule has 8 nitrogen and oxygen atoms in total. The molecule has 28 heavy (non-hydrogen) atoms. The van der Waals surface area contributed by atoms with Crippen LogP contribution in [0.5, 0.6) is 5.75 Å². The lowest BCUT2D eigenvalue weighted by Gasteiger charge is -2.36. The molecular formula is C20H26N2O6. The van der Waals surface area contributed by atoms with E-state index in [1.54, 1.807) is 7.11 Å². The van der Waals surface area contributed by atoms with Gasteiger partial charge in [-0.2, -0.15) is 0 Å². The summed E-state index contributed by atoms with van der Waals surface area (Å²) in [5.74, 6) is 1.56. The van der Waals surface area contributed by atoms with Gasteiger partial charge in [0.05, 0.1) is 24.8 Å². The zero-order valence-corrected chi connectivity index (χ0v) is 16.1. The molecule has 1 aromatic heterocycles. The number of methoxy groups -OCH3 is 1. The Bertz CT molecular complexity index is 892. The van der Waals surface area contributed by atoms with Crippen molar-refractivity contribution in [2.75, 3.05) is 13.7 Å². The number of aliphatic imine (C=N–C) groups is 1. The van der Waals surface area contributed by atoms with Gasteiger partial charge in [0.1, 0.15) is 30.1 Å². The summed E-state index contributed by atoms with van der Waals surface area (Å²) in [5.41, 5.74) is 1.79. The molecule has 1 saturated heterocycles. The van der Waals surface area contributed by atoms with Gasteiger partial charge in [-0.1, -0.05) is 13.8 Å². The molecule has 3 heterocycles. The lowest BCUT2D eigenvalue weighted by Crippen LogP contribution is -2.56. The van der Waals surface area contributed by atoms with Gasteiger partial charge in [0.2, 0.25) is 12.2 Å². The minimum atomic E-state index is -1.22. The van der Waals surface area contributed by atoms with Gasteiger partial charge in [-0.05, 0) is 18.1 Å². The third-order valence-corrected chi connectivity index (χ3v) is 5.22. The Morgan fingerprint density at radius 3 is 2.71 bits per heavy atom. The Hall–Kier alpha value is -2.13. The van der Waals surface area contributed by atoms with Gasteiger partial charge in [0.25, 0.3) is 0 Å². The zero-order chi connectivity index (χ0) is 20.0. The van der Waals surface area contributed by atoms with E-state index in [0.717, 1.165) is 28.8 Å². The van der Waals surface area contributed by atoms with E-state index in [9.17, 15) is 15.3 Å². The fraction of sp³-hybridized carbons (Fsp3) is 0.550. The number of hydrogen-bond acceptors (Lipinski definition) is 7. The predicted octanol–water partition coefficient (Wildman–Crippen LogP) is 0.890. The summed E-state index contributed by atoms with van der Waals surface area (Å²) in [6, 6.07) is 5.07. The van der Waals surface area contributed by atoms with Crippen LogP contribution in [-0.4, -0.2) is 70.1 Å². The van der Waals surface area contributed by atoms with Gasteiger partial charge in [0, 0.05) is 24.2 Å². The van der Waals surface area contributed by atoms with Gasteiger partial charge >= 0.3 is 0 Å². The van der Waals surface area contributed by atoms with Crippen LogP contribution in [0.1, 0.15) is 19.4 Å². The molecule has 1 fully saturated rings. The molecule has 1 aromatic carbocycles. The Kier molecular flexibility index (Phi) is 5.05. The maximum atomic E-state index is 10.4. The number of aromatic nitrogens is 1. The maximum Gasteiger partial charge on any atom is 0.227 e. The highest BCUT2D eigenvalue weighted by molar-refractivity contribution is 6.07. The summed E-state index contributed by atoms with van der Waals surface area (Å²) in [7, 11) is 1.63. The van der Waals surface area contributed by atoms with E-state index in [4.69, 9.17) is 14.2 Å². The Morgan fingerprint density at radius 1 is 1.25 bits per heavy atom. The average molecular weight is 390 g/mol. The quantitative estimate of drug-likeness (QED) is 0.700. The topological polar surface area (TPSA) is 106 Å². The van der Waals surface area contributed by atoms with Gasteiger partial charge < -0.3 is 34.1 Å². The zero-order valence-electron chi connectivity index (χ0n) is 16.1. The van der Waals surface area contributed by atoms with Gasteiger partial charge in [0.15, 0.2) is 0 Å². The van der Waals surface area contributed by atoms with E-state index in [1.165, 1.54) is 0 Å². The van der Waals surface area contributed by atoms with Gasteiger partial charge in [-0.3, -0.25) is 0 Å². The summed E-state index contributed by atoms with van der Waals surface area (Å²) < 4.78 is 19.0. The van der Waals surface area contributed by atoms with Crippen molar-refractivity contribution in [1.29, 1.82) is 0 Å². The lowest BCUT2D eigenvalue weighted by atomic mass is 9.98. The third-order valence-electron chi connectivity index (χ3n) is 5.22. The van der Waals surface area contributed by atoms with Crippen molar-refractivity contribution in [2.45, 2.75) is 51.0 Å². The Labute approximate surface area is 163 Å². The fourth-order valence-electron chi connectivity index (χ4n) is 3.82. The number of nitrogens with zero attached hydrogens (tertiary/aromatic N) is 2. The van der Waals surface area contributed by atoms with Crippen molar-refractivity contribution in [3.63, 3.8) is 0 Å². The fourth-order valence-corrected chi connectivity index (χ4v) is 3.82. The molecule has 5 atom stereocenters. The summed E-state index contributed by atoms with van der Waals surface area (Å²) in [6.45, 7) is 4.69. The monoisotopic (exact) mass is 390 g/mol. The second-order valence-electron chi connectivity index (χ2n) is 7.72. The van der Waals surface area contributed by atoms with Crippen molar-refractivity contribution in [2.24, 2.45) is 10.9 Å². The highest BCUT2D eigenvalue weighted by Crippen LogP contribution is 2.33. The van der Waals surface area contributed by atoms with E-state index < -0.39 is 37.3 Å². The van der Waals surface area contributed by atoms with Crippen LogP contribution in [0.15, 0.2) is 29.4 Å². The smallest absolute Gasteiger partial charge is 0.227 e. The number of aliphatic hydroxyl groups is 3. The van der Waals surface area contributed by atoms with Crippen LogP contribution in [0.3, 0.4) is 0 Å². The third kappa shape index (κ3) is 3.16. The van der Waals surface area contributed by atoms with Crippen molar-refractivity contribution in [3.05, 3.63) is 30.0 Å². The molecule has 4 rings (SSSR count). The van der Waals surface area contributed by atoms with E-state index >= 15 is 0 Å². The van der Waals surface area contributed by atoms with Gasteiger partial charge in [-0.15, -0.1) is 0 Å². The van der Waals surface area contributed by atoms with Crippen LogP contribution in [0, 0.1) is 5.92 Å². The second-order valence-corrected chi connectivity index (χ2v) is 7.72. The number of aliphatic hydroxyl groups excluding tert-OH is 3. The highest BCUT2D eigenvalue weighted by atomic mass is 16.7. The number of fused-ring (bicyclic) bond motifs is 2. The molecule has 2 aromatic rings. The van der Waals surface area contributed by atoms with E-state index in [-0.39, 0.29) is 0 Å². The first-order valence-electron chi connectivity index (χ1n) is 9.47. The summed E-state index contributed by atoms with van der Waals surface area (Å²) in [5, 5.41) is 30.8. The van der Waals surface area contributed by atoms with Crippen LogP contribution in [-0.2, 0) is 16.0 Å². The van der Waals surface area contributed by atoms with E-state index in [0.29, 0.717) is 11.8 Å². The van der Waals surface area contributed by atoms with Crippen LogP contribution in [0.25, 0.3) is 10.9 Å². The molecule has 0 amide bonds. The van der Waals surface area contributed by atoms with Crippen LogP contribution < -0.4 is 4.74 Å². The van der Waals surface area contributed by atoms with Crippen LogP contribution >= 0.6 is 0 Å². The molecule has 2 aliphatic rings. The standard InChI is InChI=1S/C20H26N2O6/c1-10(2)7-22-8-13(12-5-4-11(26-3)6-14(12)22)19-21-16-18(25)17(24)15(9-23)27-20(16)28-19/h4-6,8,10,15-18,20,23-25H,7,9H2,1-3H3/t15?,16-,17-,18?,20-/m1/s1. The first-order valence-corrected chi connectivity index (χ1v) is 9.47. The summed E-state index contributed by atoms with van der Waals surface area (Å²) in [6.07, 6.45) is -2.15. The number of benzene rings is 1. The molecule has 0 aliphatic carbocycles. The first kappa shape index (κ1) is 19.2. The molecule has 0 spiro atoms. The largest absolute Gasteiger partial charge is 0.497 e. The van der Waals surface area contributed by atoms with Gasteiger partial charge in [-0.25, -0.2) is 4.99 Å². The predicted molar refractivity (Wildman–Crippen MR) is 102 cm³/mol. The van der Waals surface area contributed by atoms with Crippen molar-refractivity contribution >= 4 is 16.8 Å². The number of rotatable bonds is 5. The van der Waals surface area contributed by atoms with E-state index in [2.05, 4.69) is 23.4 Å². The van der Waals surface area contributed by atoms with Crippen LogP contribution in [0.4, 0.5) is 0 Å². The van der Waals surface area contributed by atoms with Crippen LogP contribution in [0.2, 0.25) is 0 Å².